The van der Waals surface area contributed by atoms with E-state index in [-0.39, 0.29) is 11.2 Å². The van der Waals surface area contributed by atoms with Gasteiger partial charge in [0.05, 0.1) is 6.10 Å². The Morgan fingerprint density at radius 1 is 1.27 bits per heavy atom. The van der Waals surface area contributed by atoms with Gasteiger partial charge in [0.1, 0.15) is 5.82 Å². The van der Waals surface area contributed by atoms with E-state index in [1.54, 1.807) is 18.2 Å². The summed E-state index contributed by atoms with van der Waals surface area (Å²) in [6, 6.07) is 6.41. The third-order valence-corrected chi connectivity index (χ3v) is 2.43. The Morgan fingerprint density at radius 2 is 1.87 bits per heavy atom. The van der Waals surface area contributed by atoms with Crippen molar-refractivity contribution in [1.82, 2.24) is 0 Å². The molecule has 0 spiro atoms. The lowest BCUT2D eigenvalue weighted by Gasteiger charge is -2.20. The zero-order valence-corrected chi connectivity index (χ0v) is 9.63. The van der Waals surface area contributed by atoms with Crippen LogP contribution in [-0.2, 0) is 0 Å². The van der Waals surface area contributed by atoms with Gasteiger partial charge in [-0.15, -0.1) is 0 Å². The van der Waals surface area contributed by atoms with Crippen LogP contribution in [-0.4, -0.2) is 5.11 Å². The van der Waals surface area contributed by atoms with Gasteiger partial charge < -0.3 is 5.11 Å². The molecule has 0 aliphatic carbocycles. The molecule has 1 rings (SSSR count). The summed E-state index contributed by atoms with van der Waals surface area (Å²) in [5.41, 5.74) is 0.577. The maximum atomic E-state index is 13.3. The van der Waals surface area contributed by atoms with Gasteiger partial charge in [-0.25, -0.2) is 4.39 Å². The Hall–Kier alpha value is -0.890. The van der Waals surface area contributed by atoms with E-state index in [1.807, 2.05) is 0 Å². The first-order chi connectivity index (χ1) is 6.90. The summed E-state index contributed by atoms with van der Waals surface area (Å²) < 4.78 is 13.3. The van der Waals surface area contributed by atoms with Crippen LogP contribution in [0.2, 0.25) is 0 Å². The second kappa shape index (κ2) is 4.75. The van der Waals surface area contributed by atoms with Crippen LogP contribution in [0.15, 0.2) is 24.3 Å². The van der Waals surface area contributed by atoms with Crippen molar-refractivity contribution in [3.05, 3.63) is 35.6 Å². The van der Waals surface area contributed by atoms with Gasteiger partial charge in [0.25, 0.3) is 0 Å². The van der Waals surface area contributed by atoms with Gasteiger partial charge in [0.15, 0.2) is 0 Å². The van der Waals surface area contributed by atoms with E-state index in [0.717, 1.165) is 6.42 Å². The lowest BCUT2D eigenvalue weighted by molar-refractivity contribution is 0.143. The molecule has 0 unspecified atom stereocenters. The molecule has 84 valence electrons. The number of aliphatic hydroxyl groups is 1. The molecule has 0 saturated heterocycles. The topological polar surface area (TPSA) is 20.2 Å². The van der Waals surface area contributed by atoms with Crippen LogP contribution < -0.4 is 0 Å². The van der Waals surface area contributed by atoms with Crippen LogP contribution >= 0.6 is 0 Å². The fourth-order valence-electron chi connectivity index (χ4n) is 1.47. The first-order valence-electron chi connectivity index (χ1n) is 5.33. The van der Waals surface area contributed by atoms with Gasteiger partial charge >= 0.3 is 0 Å². The predicted molar refractivity (Wildman–Crippen MR) is 60.0 cm³/mol. The van der Waals surface area contributed by atoms with E-state index in [9.17, 15) is 9.50 Å². The monoisotopic (exact) mass is 210 g/mol. The van der Waals surface area contributed by atoms with E-state index in [0.29, 0.717) is 12.0 Å². The molecule has 0 aliphatic heterocycles. The Labute approximate surface area is 90.9 Å². The van der Waals surface area contributed by atoms with Crippen molar-refractivity contribution >= 4 is 0 Å². The lowest BCUT2D eigenvalue weighted by atomic mass is 9.88. The third-order valence-electron chi connectivity index (χ3n) is 2.43. The van der Waals surface area contributed by atoms with E-state index < -0.39 is 6.10 Å². The quantitative estimate of drug-likeness (QED) is 0.806. The lowest BCUT2D eigenvalue weighted by Crippen LogP contribution is -2.09. The highest BCUT2D eigenvalue weighted by Gasteiger charge is 2.16. The standard InChI is InChI=1S/C13H19FO/c1-13(2,3)9-8-12(15)10-6-4-5-7-11(10)14/h4-7,12,15H,8-9H2,1-3H3/t12-/m0/s1. The average molecular weight is 210 g/mol. The third kappa shape index (κ3) is 4.00. The van der Waals surface area contributed by atoms with Gasteiger partial charge in [0, 0.05) is 5.56 Å². The normalized spacial score (nSPS) is 13.9. The highest BCUT2D eigenvalue weighted by atomic mass is 19.1. The molecular formula is C13H19FO. The maximum absolute atomic E-state index is 13.3. The van der Waals surface area contributed by atoms with Gasteiger partial charge in [-0.05, 0) is 24.3 Å². The average Bonchev–Trinajstić information content (AvgIpc) is 2.14. The highest BCUT2D eigenvalue weighted by molar-refractivity contribution is 5.19. The summed E-state index contributed by atoms with van der Waals surface area (Å²) >= 11 is 0. The number of aliphatic hydroxyl groups excluding tert-OH is 1. The largest absolute Gasteiger partial charge is 0.388 e. The highest BCUT2D eigenvalue weighted by Crippen LogP contribution is 2.28. The fraction of sp³-hybridized carbons (Fsp3) is 0.538. The maximum Gasteiger partial charge on any atom is 0.128 e. The van der Waals surface area contributed by atoms with Crippen molar-refractivity contribution in [3.63, 3.8) is 0 Å². The molecule has 1 aromatic rings. The Balaban J connectivity index is 2.62. The molecule has 1 nitrogen and oxygen atoms in total. The molecule has 0 aliphatic rings. The zero-order chi connectivity index (χ0) is 11.5. The molecule has 2 heteroatoms. The SMILES string of the molecule is CC(C)(C)CC[C@H](O)c1ccccc1F. The van der Waals surface area contributed by atoms with Gasteiger partial charge in [-0.1, -0.05) is 39.0 Å². The van der Waals surface area contributed by atoms with Crippen LogP contribution in [0.1, 0.15) is 45.3 Å². The second-order valence-electron chi connectivity index (χ2n) is 5.14. The minimum atomic E-state index is -0.689. The molecule has 0 fully saturated rings. The van der Waals surface area contributed by atoms with Gasteiger partial charge in [0.2, 0.25) is 0 Å². The first kappa shape index (κ1) is 12.2. The van der Waals surface area contributed by atoms with Crippen molar-refractivity contribution in [2.75, 3.05) is 0 Å². The summed E-state index contributed by atoms with van der Waals surface area (Å²) in [4.78, 5) is 0. The van der Waals surface area contributed by atoms with Gasteiger partial charge in [-0.3, -0.25) is 0 Å². The van der Waals surface area contributed by atoms with Crippen LogP contribution in [0.3, 0.4) is 0 Å². The van der Waals surface area contributed by atoms with Crippen molar-refractivity contribution in [1.29, 1.82) is 0 Å². The van der Waals surface area contributed by atoms with E-state index in [4.69, 9.17) is 0 Å². The predicted octanol–water partition coefficient (Wildman–Crippen LogP) is 3.69. The van der Waals surface area contributed by atoms with Gasteiger partial charge in [-0.2, -0.15) is 0 Å². The summed E-state index contributed by atoms with van der Waals surface area (Å²) in [6.45, 7) is 6.34. The van der Waals surface area contributed by atoms with Crippen LogP contribution in [0, 0.1) is 11.2 Å². The van der Waals surface area contributed by atoms with Crippen molar-refractivity contribution in [2.45, 2.75) is 39.7 Å². The molecule has 1 atom stereocenters. The van der Waals surface area contributed by atoms with Crippen LogP contribution in [0.5, 0.6) is 0 Å². The van der Waals surface area contributed by atoms with Crippen molar-refractivity contribution in [2.24, 2.45) is 5.41 Å². The molecule has 0 saturated carbocycles. The number of hydrogen-bond donors (Lipinski definition) is 1. The number of rotatable bonds is 3. The van der Waals surface area contributed by atoms with E-state index >= 15 is 0 Å². The smallest absolute Gasteiger partial charge is 0.128 e. The zero-order valence-electron chi connectivity index (χ0n) is 9.63. The summed E-state index contributed by atoms with van der Waals surface area (Å²) in [6.07, 6.45) is 0.790. The second-order valence-corrected chi connectivity index (χ2v) is 5.14. The van der Waals surface area contributed by atoms with E-state index in [2.05, 4.69) is 20.8 Å². The van der Waals surface area contributed by atoms with E-state index in [1.165, 1.54) is 6.07 Å². The van der Waals surface area contributed by atoms with Crippen molar-refractivity contribution in [3.8, 4) is 0 Å². The molecule has 15 heavy (non-hydrogen) atoms. The minimum absolute atomic E-state index is 0.173. The van der Waals surface area contributed by atoms with Crippen LogP contribution in [0.25, 0.3) is 0 Å². The molecule has 1 aromatic carbocycles. The molecule has 1 N–H and O–H groups in total. The summed E-state index contributed by atoms with van der Waals surface area (Å²) in [5, 5.41) is 9.82. The van der Waals surface area contributed by atoms with Crippen LogP contribution in [0.4, 0.5) is 4.39 Å². The molecule has 0 amide bonds. The first-order valence-corrected chi connectivity index (χ1v) is 5.33. The number of halogens is 1. The summed E-state index contributed by atoms with van der Waals surface area (Å²) in [5.74, 6) is -0.320. The Bertz CT molecular complexity index is 315. The Kier molecular flexibility index (Phi) is 3.86. The number of hydrogen-bond acceptors (Lipinski definition) is 1. The summed E-state index contributed by atoms with van der Waals surface area (Å²) in [7, 11) is 0. The molecule has 0 bridgehead atoms. The number of benzene rings is 1. The van der Waals surface area contributed by atoms with Crippen molar-refractivity contribution < 1.29 is 9.50 Å². The molecule has 0 aromatic heterocycles. The molecule has 0 radical (unpaired) electrons. The molecular weight excluding hydrogens is 191 g/mol. The Morgan fingerprint density at radius 3 is 2.40 bits per heavy atom. The fourth-order valence-corrected chi connectivity index (χ4v) is 1.47. The minimum Gasteiger partial charge on any atom is -0.388 e. The molecule has 0 heterocycles.